The summed E-state index contributed by atoms with van der Waals surface area (Å²) in [6.45, 7) is 10.9. The lowest BCUT2D eigenvalue weighted by Gasteiger charge is -2.48. The first-order valence-corrected chi connectivity index (χ1v) is 12.7. The summed E-state index contributed by atoms with van der Waals surface area (Å²) in [5, 5.41) is 3.84. The van der Waals surface area contributed by atoms with Gasteiger partial charge in [-0.25, -0.2) is 0 Å². The molecule has 4 fully saturated rings. The zero-order chi connectivity index (χ0) is 20.8. The second-order valence-electron chi connectivity index (χ2n) is 12.0. The number of carbonyl (C=O) groups is 1. The van der Waals surface area contributed by atoms with Gasteiger partial charge in [0.15, 0.2) is 5.78 Å². The summed E-state index contributed by atoms with van der Waals surface area (Å²) in [5.74, 6) is 3.95. The molecule has 2 heterocycles. The van der Waals surface area contributed by atoms with E-state index in [0.29, 0.717) is 29.8 Å². The zero-order valence-electron chi connectivity index (χ0n) is 19.3. The minimum Gasteiger partial charge on any atom is -0.365 e. The number of allylic oxidation sites excluding steroid dienone is 3. The number of ether oxygens (including phenoxy) is 1. The Kier molecular flexibility index (Phi) is 4.30. The van der Waals surface area contributed by atoms with Gasteiger partial charge in [-0.15, -0.1) is 0 Å². The van der Waals surface area contributed by atoms with Crippen molar-refractivity contribution in [2.45, 2.75) is 96.8 Å². The Labute approximate surface area is 182 Å². The highest BCUT2D eigenvalue weighted by Gasteiger charge is 2.60. The lowest BCUT2D eigenvalue weighted by atomic mass is 9.56. The van der Waals surface area contributed by atoms with Gasteiger partial charge in [-0.05, 0) is 99.1 Å². The number of hydrogen-bond acceptors (Lipinski definition) is 3. The topological polar surface area (TPSA) is 38.3 Å². The third-order valence-corrected chi connectivity index (χ3v) is 10.8. The van der Waals surface area contributed by atoms with E-state index >= 15 is 0 Å². The maximum atomic E-state index is 12.1. The number of hydrogen-bond donors (Lipinski definition) is 1. The number of fused-ring (bicyclic) bond motifs is 6. The highest BCUT2D eigenvalue weighted by Crippen LogP contribution is 2.65. The van der Waals surface area contributed by atoms with Crippen molar-refractivity contribution in [3.05, 3.63) is 22.8 Å². The Morgan fingerprint density at radius 2 is 2.00 bits per heavy atom. The molecule has 1 N–H and O–H groups in total. The van der Waals surface area contributed by atoms with Gasteiger partial charge in [0.1, 0.15) is 0 Å². The molecule has 0 aromatic heterocycles. The average molecular weight is 410 g/mol. The summed E-state index contributed by atoms with van der Waals surface area (Å²) in [7, 11) is 0. The molecule has 0 aromatic rings. The van der Waals surface area contributed by atoms with Crippen LogP contribution in [0, 0.1) is 35.0 Å². The van der Waals surface area contributed by atoms with Gasteiger partial charge in [-0.3, -0.25) is 4.79 Å². The van der Waals surface area contributed by atoms with E-state index in [4.69, 9.17) is 4.74 Å². The molecule has 6 aliphatic rings. The molecule has 2 aliphatic heterocycles. The maximum absolute atomic E-state index is 12.1. The summed E-state index contributed by atoms with van der Waals surface area (Å²) < 4.78 is 7.02. The van der Waals surface area contributed by atoms with Crippen LogP contribution in [-0.2, 0) is 9.53 Å². The van der Waals surface area contributed by atoms with Gasteiger partial charge in [-0.2, -0.15) is 0 Å². The van der Waals surface area contributed by atoms with Crippen LogP contribution in [0.1, 0.15) is 79.1 Å². The summed E-state index contributed by atoms with van der Waals surface area (Å²) >= 11 is 0. The molecule has 2 saturated heterocycles. The summed E-state index contributed by atoms with van der Waals surface area (Å²) in [5.41, 5.74) is 5.05. The molecular formula is C27H39NO2. The first-order valence-electron chi connectivity index (χ1n) is 12.7. The SMILES string of the molecule is CC1=C2C[C@H]3[C@@H](CCC4=CC(=O)CC[C@@]43C)[C@@H]2CC[C@]12OC1C[C@H](C)CN[C@H]1[C@H]2C. The van der Waals surface area contributed by atoms with Crippen LogP contribution in [0.25, 0.3) is 0 Å². The van der Waals surface area contributed by atoms with Crippen LogP contribution in [0.15, 0.2) is 22.8 Å². The van der Waals surface area contributed by atoms with Crippen LogP contribution in [0.2, 0.25) is 0 Å². The maximum Gasteiger partial charge on any atom is 0.155 e. The predicted octanol–water partition coefficient (Wildman–Crippen LogP) is 5.21. The second-order valence-corrected chi connectivity index (χ2v) is 12.0. The van der Waals surface area contributed by atoms with Crippen molar-refractivity contribution < 1.29 is 9.53 Å². The van der Waals surface area contributed by atoms with E-state index < -0.39 is 0 Å². The Bertz CT molecular complexity index is 842. The van der Waals surface area contributed by atoms with Crippen LogP contribution in [0.4, 0.5) is 0 Å². The highest BCUT2D eigenvalue weighted by molar-refractivity contribution is 5.91. The van der Waals surface area contributed by atoms with Gasteiger partial charge in [0, 0.05) is 18.4 Å². The molecule has 3 heteroatoms. The van der Waals surface area contributed by atoms with Gasteiger partial charge in [0.05, 0.1) is 11.7 Å². The quantitative estimate of drug-likeness (QED) is 0.558. The van der Waals surface area contributed by atoms with E-state index in [0.717, 1.165) is 43.6 Å². The van der Waals surface area contributed by atoms with E-state index in [9.17, 15) is 4.79 Å². The van der Waals surface area contributed by atoms with E-state index in [-0.39, 0.29) is 11.0 Å². The number of nitrogens with one attached hydrogen (secondary N) is 1. The van der Waals surface area contributed by atoms with Gasteiger partial charge in [0.25, 0.3) is 0 Å². The Balaban J connectivity index is 1.36. The standard InChI is InChI=1S/C27H39NO2/c1-15-11-24-25(28-14-15)17(3)27(30-24)10-8-20-21-6-5-18-12-19(29)7-9-26(18,4)23(21)13-22(20)16(27)2/h12,15,17,20-21,23-25,28H,5-11,13-14H2,1-4H3/t15-,17+,20-,21-,23-,24?,25-,26-,27-/m0/s1. The van der Waals surface area contributed by atoms with Crippen molar-refractivity contribution in [1.29, 1.82) is 0 Å². The van der Waals surface area contributed by atoms with Crippen LogP contribution in [-0.4, -0.2) is 30.1 Å². The molecule has 0 amide bonds. The van der Waals surface area contributed by atoms with Crippen molar-refractivity contribution in [2.24, 2.45) is 35.0 Å². The fourth-order valence-electron chi connectivity index (χ4n) is 9.00. The molecule has 2 saturated carbocycles. The molecule has 1 spiro atoms. The van der Waals surface area contributed by atoms with E-state index in [1.54, 1.807) is 11.1 Å². The van der Waals surface area contributed by atoms with Crippen molar-refractivity contribution in [3.63, 3.8) is 0 Å². The fraction of sp³-hybridized carbons (Fsp3) is 0.815. The Hall–Kier alpha value is -0.930. The van der Waals surface area contributed by atoms with Gasteiger partial charge in [-0.1, -0.05) is 31.9 Å². The molecular weight excluding hydrogens is 370 g/mol. The summed E-state index contributed by atoms with van der Waals surface area (Å²) in [4.78, 5) is 12.1. The Morgan fingerprint density at radius 1 is 1.17 bits per heavy atom. The summed E-state index contributed by atoms with van der Waals surface area (Å²) in [6.07, 6.45) is 11.7. The first-order chi connectivity index (χ1) is 14.3. The minimum absolute atomic E-state index is 0.0339. The molecule has 0 bridgehead atoms. The van der Waals surface area contributed by atoms with Gasteiger partial charge >= 0.3 is 0 Å². The molecule has 164 valence electrons. The van der Waals surface area contributed by atoms with Gasteiger partial charge in [0.2, 0.25) is 0 Å². The smallest absolute Gasteiger partial charge is 0.155 e. The van der Waals surface area contributed by atoms with E-state index in [2.05, 4.69) is 33.0 Å². The van der Waals surface area contributed by atoms with Crippen molar-refractivity contribution in [1.82, 2.24) is 5.32 Å². The number of ketones is 1. The minimum atomic E-state index is -0.0339. The van der Waals surface area contributed by atoms with E-state index in [1.165, 1.54) is 37.7 Å². The van der Waals surface area contributed by atoms with E-state index in [1.807, 2.05) is 6.08 Å². The van der Waals surface area contributed by atoms with Crippen LogP contribution in [0.3, 0.4) is 0 Å². The monoisotopic (exact) mass is 409 g/mol. The first kappa shape index (κ1) is 19.7. The molecule has 1 unspecified atom stereocenters. The molecule has 3 nitrogen and oxygen atoms in total. The third-order valence-electron chi connectivity index (χ3n) is 10.8. The van der Waals surface area contributed by atoms with Crippen molar-refractivity contribution >= 4 is 5.78 Å². The van der Waals surface area contributed by atoms with Crippen LogP contribution >= 0.6 is 0 Å². The molecule has 0 aromatic carbocycles. The predicted molar refractivity (Wildman–Crippen MR) is 119 cm³/mol. The fourth-order valence-corrected chi connectivity index (χ4v) is 9.00. The zero-order valence-corrected chi connectivity index (χ0v) is 19.3. The number of rotatable bonds is 0. The molecule has 9 atom stereocenters. The molecule has 0 radical (unpaired) electrons. The Morgan fingerprint density at radius 3 is 2.83 bits per heavy atom. The van der Waals surface area contributed by atoms with Crippen molar-refractivity contribution in [2.75, 3.05) is 6.54 Å². The lowest BCUT2D eigenvalue weighted by Crippen LogP contribution is -2.49. The molecule has 4 aliphatic carbocycles. The van der Waals surface area contributed by atoms with Gasteiger partial charge < -0.3 is 10.1 Å². The molecule has 30 heavy (non-hydrogen) atoms. The second kappa shape index (κ2) is 6.54. The van der Waals surface area contributed by atoms with Crippen molar-refractivity contribution in [3.8, 4) is 0 Å². The van der Waals surface area contributed by atoms with Crippen LogP contribution in [0.5, 0.6) is 0 Å². The highest BCUT2D eigenvalue weighted by atomic mass is 16.5. The average Bonchev–Trinajstić information content (AvgIpc) is 3.23. The normalized spacial score (nSPS) is 52.6. The molecule has 6 rings (SSSR count). The summed E-state index contributed by atoms with van der Waals surface area (Å²) in [6, 6.07) is 0.522. The number of carbonyl (C=O) groups excluding carboxylic acids is 1. The van der Waals surface area contributed by atoms with Crippen LogP contribution < -0.4 is 5.32 Å². The number of piperidine rings is 1. The third kappa shape index (κ3) is 2.48. The largest absolute Gasteiger partial charge is 0.365 e. The lowest BCUT2D eigenvalue weighted by molar-refractivity contribution is -0.116.